The molecule has 0 saturated carbocycles. The average Bonchev–Trinajstić information content (AvgIpc) is 3.12. The summed E-state index contributed by atoms with van der Waals surface area (Å²) in [5.41, 5.74) is 7.27. The van der Waals surface area contributed by atoms with Gasteiger partial charge in [-0.15, -0.1) is 11.3 Å². The van der Waals surface area contributed by atoms with E-state index in [1.807, 2.05) is 24.3 Å². The van der Waals surface area contributed by atoms with Crippen LogP contribution in [-0.4, -0.2) is 23.9 Å². The Morgan fingerprint density at radius 1 is 1.16 bits per heavy atom. The molecule has 0 saturated heterocycles. The highest BCUT2D eigenvalue weighted by Gasteiger charge is 2.13. The quantitative estimate of drug-likeness (QED) is 0.736. The van der Waals surface area contributed by atoms with Gasteiger partial charge in [0.1, 0.15) is 16.5 Å². The molecule has 0 spiro atoms. The van der Waals surface area contributed by atoms with Crippen molar-refractivity contribution in [3.8, 4) is 16.3 Å². The van der Waals surface area contributed by atoms with E-state index in [-0.39, 0.29) is 5.91 Å². The second-order valence-electron chi connectivity index (χ2n) is 5.17. The summed E-state index contributed by atoms with van der Waals surface area (Å²) in [5.74, 6) is -0.142. The summed E-state index contributed by atoms with van der Waals surface area (Å²) in [5, 5.41) is 5.14. The second kappa shape index (κ2) is 7.14. The molecule has 1 heterocycles. The normalized spacial score (nSPS) is 10.3. The zero-order valence-corrected chi connectivity index (χ0v) is 14.2. The van der Waals surface area contributed by atoms with Crippen molar-refractivity contribution in [2.75, 3.05) is 12.4 Å². The standard InChI is InChI=1S/C18H15N3O3S/c1-24-14-7-5-11(6-8-14)18-21-15(10-25-18)17(23)20-13-4-2-3-12(9-13)16(19)22/h2-10H,1H3,(H2,19,22)(H,20,23). The van der Waals surface area contributed by atoms with Crippen LogP contribution in [0.25, 0.3) is 10.6 Å². The summed E-state index contributed by atoms with van der Waals surface area (Å²) in [6.45, 7) is 0. The Hall–Kier alpha value is -3.19. The largest absolute Gasteiger partial charge is 0.497 e. The van der Waals surface area contributed by atoms with Crippen molar-refractivity contribution in [1.82, 2.24) is 4.98 Å². The molecule has 3 rings (SSSR count). The number of benzene rings is 2. The van der Waals surface area contributed by atoms with Gasteiger partial charge in [-0.3, -0.25) is 9.59 Å². The molecule has 2 aromatic carbocycles. The third-order valence-electron chi connectivity index (χ3n) is 3.48. The summed E-state index contributed by atoms with van der Waals surface area (Å²) in [7, 11) is 1.61. The number of aromatic nitrogens is 1. The van der Waals surface area contributed by atoms with Gasteiger partial charge in [-0.25, -0.2) is 4.98 Å². The molecule has 0 unspecified atom stereocenters. The van der Waals surface area contributed by atoms with Gasteiger partial charge in [-0.05, 0) is 42.5 Å². The molecule has 0 aliphatic heterocycles. The van der Waals surface area contributed by atoms with Crippen LogP contribution in [0.3, 0.4) is 0 Å². The van der Waals surface area contributed by atoms with Gasteiger partial charge in [0.05, 0.1) is 7.11 Å². The number of methoxy groups -OCH3 is 1. The highest BCUT2D eigenvalue weighted by molar-refractivity contribution is 7.13. The Labute approximate surface area is 148 Å². The zero-order valence-electron chi connectivity index (χ0n) is 13.4. The number of thiazole rings is 1. The maximum Gasteiger partial charge on any atom is 0.275 e. The number of nitrogens with two attached hydrogens (primary N) is 1. The summed E-state index contributed by atoms with van der Waals surface area (Å²) >= 11 is 1.38. The number of anilines is 1. The van der Waals surface area contributed by atoms with Gasteiger partial charge in [0.15, 0.2) is 0 Å². The lowest BCUT2D eigenvalue weighted by molar-refractivity contribution is 0.0995. The molecule has 0 aliphatic carbocycles. The molecular weight excluding hydrogens is 338 g/mol. The molecule has 25 heavy (non-hydrogen) atoms. The van der Waals surface area contributed by atoms with Gasteiger partial charge in [0, 0.05) is 22.2 Å². The van der Waals surface area contributed by atoms with Crippen LogP contribution in [0.1, 0.15) is 20.8 Å². The van der Waals surface area contributed by atoms with Crippen molar-refractivity contribution in [1.29, 1.82) is 0 Å². The first-order valence-electron chi connectivity index (χ1n) is 7.38. The van der Waals surface area contributed by atoms with Crippen molar-refractivity contribution in [2.45, 2.75) is 0 Å². The topological polar surface area (TPSA) is 94.3 Å². The lowest BCUT2D eigenvalue weighted by Crippen LogP contribution is -2.14. The average molecular weight is 353 g/mol. The summed E-state index contributed by atoms with van der Waals surface area (Å²) in [4.78, 5) is 27.9. The number of primary amides is 1. The minimum Gasteiger partial charge on any atom is -0.497 e. The second-order valence-corrected chi connectivity index (χ2v) is 6.02. The number of hydrogen-bond donors (Lipinski definition) is 2. The molecule has 0 atom stereocenters. The number of ether oxygens (including phenoxy) is 1. The van der Waals surface area contributed by atoms with E-state index in [9.17, 15) is 9.59 Å². The van der Waals surface area contributed by atoms with Crippen LogP contribution in [-0.2, 0) is 0 Å². The number of nitrogens with one attached hydrogen (secondary N) is 1. The van der Waals surface area contributed by atoms with Gasteiger partial charge in [-0.2, -0.15) is 0 Å². The van der Waals surface area contributed by atoms with E-state index in [0.29, 0.717) is 16.9 Å². The molecule has 3 N–H and O–H groups in total. The summed E-state index contributed by atoms with van der Waals surface area (Å²) in [6.07, 6.45) is 0. The van der Waals surface area contributed by atoms with Gasteiger partial charge < -0.3 is 15.8 Å². The molecule has 0 aliphatic rings. The maximum absolute atomic E-state index is 12.3. The number of carbonyl (C=O) groups excluding carboxylic acids is 2. The molecule has 126 valence electrons. The van der Waals surface area contributed by atoms with Crippen molar-refractivity contribution < 1.29 is 14.3 Å². The minimum absolute atomic E-state index is 0.306. The highest BCUT2D eigenvalue weighted by Crippen LogP contribution is 2.26. The third kappa shape index (κ3) is 3.84. The van der Waals surface area contributed by atoms with Gasteiger partial charge >= 0.3 is 0 Å². The number of nitrogens with zero attached hydrogens (tertiary/aromatic N) is 1. The molecule has 2 amide bonds. The van der Waals surface area contributed by atoms with Crippen molar-refractivity contribution >= 4 is 28.8 Å². The predicted octanol–water partition coefficient (Wildman–Crippen LogP) is 3.17. The van der Waals surface area contributed by atoms with Crippen LogP contribution in [0.15, 0.2) is 53.9 Å². The Balaban J connectivity index is 1.76. The number of amides is 2. The van der Waals surface area contributed by atoms with Gasteiger partial charge in [-0.1, -0.05) is 6.07 Å². The van der Waals surface area contributed by atoms with Crippen LogP contribution in [0.5, 0.6) is 5.75 Å². The van der Waals surface area contributed by atoms with Gasteiger partial charge in [0.25, 0.3) is 5.91 Å². The summed E-state index contributed by atoms with van der Waals surface area (Å²) < 4.78 is 5.13. The van der Waals surface area contributed by atoms with E-state index in [1.54, 1.807) is 30.7 Å². The van der Waals surface area contributed by atoms with E-state index >= 15 is 0 Å². The van der Waals surface area contributed by atoms with E-state index in [4.69, 9.17) is 10.5 Å². The van der Waals surface area contributed by atoms with Crippen LogP contribution in [0.2, 0.25) is 0 Å². The molecule has 1 aromatic heterocycles. The molecule has 0 fully saturated rings. The van der Waals surface area contributed by atoms with Crippen molar-refractivity contribution in [3.05, 3.63) is 65.2 Å². The predicted molar refractivity (Wildman–Crippen MR) is 97.0 cm³/mol. The fourth-order valence-corrected chi connectivity index (χ4v) is 3.00. The zero-order chi connectivity index (χ0) is 17.8. The van der Waals surface area contributed by atoms with E-state index in [0.717, 1.165) is 16.3 Å². The Kier molecular flexibility index (Phi) is 4.76. The SMILES string of the molecule is COc1ccc(-c2nc(C(=O)Nc3cccc(C(N)=O)c3)cs2)cc1. The fourth-order valence-electron chi connectivity index (χ4n) is 2.19. The van der Waals surface area contributed by atoms with Gasteiger partial charge in [0.2, 0.25) is 5.91 Å². The highest BCUT2D eigenvalue weighted by atomic mass is 32.1. The minimum atomic E-state index is -0.549. The first-order chi connectivity index (χ1) is 12.1. The molecule has 0 bridgehead atoms. The fraction of sp³-hybridized carbons (Fsp3) is 0.0556. The third-order valence-corrected chi connectivity index (χ3v) is 4.37. The first-order valence-corrected chi connectivity index (χ1v) is 8.26. The monoisotopic (exact) mass is 353 g/mol. The van der Waals surface area contributed by atoms with Crippen LogP contribution in [0.4, 0.5) is 5.69 Å². The van der Waals surface area contributed by atoms with Crippen LogP contribution < -0.4 is 15.8 Å². The Morgan fingerprint density at radius 3 is 2.60 bits per heavy atom. The lowest BCUT2D eigenvalue weighted by Gasteiger charge is -2.04. The van der Waals surface area contributed by atoms with Crippen LogP contribution >= 0.6 is 11.3 Å². The molecule has 6 nitrogen and oxygen atoms in total. The van der Waals surface area contributed by atoms with E-state index < -0.39 is 5.91 Å². The Bertz CT molecular complexity index is 919. The number of rotatable bonds is 5. The summed E-state index contributed by atoms with van der Waals surface area (Å²) in [6, 6.07) is 13.9. The Morgan fingerprint density at radius 2 is 1.92 bits per heavy atom. The molecule has 3 aromatic rings. The van der Waals surface area contributed by atoms with Crippen molar-refractivity contribution in [3.63, 3.8) is 0 Å². The molecule has 0 radical (unpaired) electrons. The number of hydrogen-bond acceptors (Lipinski definition) is 5. The van der Waals surface area contributed by atoms with E-state index in [1.165, 1.54) is 17.4 Å². The number of carbonyl (C=O) groups is 2. The molecular formula is C18H15N3O3S. The van der Waals surface area contributed by atoms with Crippen LogP contribution in [0, 0.1) is 0 Å². The lowest BCUT2D eigenvalue weighted by atomic mass is 10.2. The first kappa shape index (κ1) is 16.7. The van der Waals surface area contributed by atoms with E-state index in [2.05, 4.69) is 10.3 Å². The maximum atomic E-state index is 12.3. The smallest absolute Gasteiger partial charge is 0.275 e. The van der Waals surface area contributed by atoms with Crippen molar-refractivity contribution in [2.24, 2.45) is 5.73 Å². The molecule has 7 heteroatoms.